The maximum Gasteiger partial charge on any atom is 0.238 e. The average molecular weight is 541 g/mol. The van der Waals surface area contributed by atoms with Gasteiger partial charge in [0.25, 0.3) is 0 Å². The van der Waals surface area contributed by atoms with Crippen molar-refractivity contribution in [2.45, 2.75) is 0 Å². The van der Waals surface area contributed by atoms with E-state index < -0.39 is 7.29 Å². The Morgan fingerprint density at radius 1 is 0.676 bits per heavy atom. The quantitative estimate of drug-likeness (QED) is 0.205. The first-order valence-corrected chi connectivity index (χ1v) is 14.2. The molecule has 0 radical (unpaired) electrons. The summed E-state index contributed by atoms with van der Waals surface area (Å²) in [5.74, 6) is 2.95. The molecule has 0 spiro atoms. The number of benzene rings is 4. The van der Waals surface area contributed by atoms with Gasteiger partial charge < -0.3 is 0 Å². The largest absolute Gasteiger partial charge is 0.289 e. The van der Waals surface area contributed by atoms with Gasteiger partial charge in [0.15, 0.2) is 5.78 Å². The predicted octanol–water partition coefficient (Wildman–Crippen LogP) is 8.85. The van der Waals surface area contributed by atoms with Gasteiger partial charge in [-0.15, -0.1) is 0 Å². The van der Waals surface area contributed by atoms with Gasteiger partial charge in [-0.2, -0.15) is 5.10 Å². The number of hydrogen-bond acceptors (Lipinski definition) is 3. The van der Waals surface area contributed by atoms with Crippen molar-refractivity contribution in [1.82, 2.24) is 9.55 Å². The Morgan fingerprint density at radius 2 is 1.19 bits per heavy atom. The highest BCUT2D eigenvalue weighted by molar-refractivity contribution is 7.69. The number of halogens is 2. The smallest absolute Gasteiger partial charge is 0.238 e. The van der Waals surface area contributed by atoms with Gasteiger partial charge in [-0.3, -0.25) is 9.36 Å². The molecule has 180 valence electrons. The molecule has 0 amide bonds. The van der Waals surface area contributed by atoms with Gasteiger partial charge in [0.05, 0.1) is 15.6 Å². The lowest BCUT2D eigenvalue weighted by Gasteiger charge is -2.15. The van der Waals surface area contributed by atoms with Crippen LogP contribution >= 0.6 is 30.5 Å². The van der Waals surface area contributed by atoms with Crippen LogP contribution in [0.4, 0.5) is 0 Å². The van der Waals surface area contributed by atoms with Gasteiger partial charge in [0.2, 0.25) is 7.29 Å². The van der Waals surface area contributed by atoms with Crippen LogP contribution in [0, 0.1) is 0 Å². The fraction of sp³-hybridized carbons (Fsp3) is 0. The number of hydrogen-bond donors (Lipinski definition) is 0. The summed E-state index contributed by atoms with van der Waals surface area (Å²) in [5, 5.41) is 6.14. The molecule has 1 atom stereocenters. The summed E-state index contributed by atoms with van der Waals surface area (Å²) < 4.78 is 16.4. The molecule has 5 aromatic rings. The lowest BCUT2D eigenvalue weighted by Crippen LogP contribution is -2.08. The predicted molar refractivity (Wildman–Crippen MR) is 152 cm³/mol. The van der Waals surface area contributed by atoms with Crippen molar-refractivity contribution in [2.75, 3.05) is 0 Å². The standard InChI is InChI=1S/C30H19Cl2N2O2P/c31-25(20-10-3-1-4-11-20)18-37(36,19-26(32)21-12-5-2-6-13-21)34-27-17-9-16-24-28(27)29(33-34)22-14-7-8-15-23(22)30(24)35/h1-19H/b25-18+,26-19?. The fourth-order valence-corrected chi connectivity index (χ4v) is 7.68. The zero-order chi connectivity index (χ0) is 25.6. The van der Waals surface area contributed by atoms with Gasteiger partial charge in [-0.25, -0.2) is 4.45 Å². The molecule has 1 heterocycles. The molecular formula is C30H19Cl2N2O2P. The van der Waals surface area contributed by atoms with E-state index >= 15 is 0 Å². The maximum absolute atomic E-state index is 14.9. The van der Waals surface area contributed by atoms with Crippen molar-refractivity contribution in [3.8, 4) is 11.3 Å². The molecular weight excluding hydrogens is 522 g/mol. The van der Waals surface area contributed by atoms with Crippen LogP contribution in [0.2, 0.25) is 0 Å². The molecule has 0 saturated heterocycles. The van der Waals surface area contributed by atoms with Gasteiger partial charge >= 0.3 is 0 Å². The van der Waals surface area contributed by atoms with Crippen LogP contribution in [-0.2, 0) is 4.57 Å². The minimum atomic E-state index is -3.67. The van der Waals surface area contributed by atoms with Crippen LogP contribution in [0.1, 0.15) is 27.0 Å². The third kappa shape index (κ3) is 4.08. The first kappa shape index (κ1) is 23.7. The Morgan fingerprint density at radius 3 is 1.78 bits per heavy atom. The van der Waals surface area contributed by atoms with E-state index in [0.717, 1.165) is 11.1 Å². The summed E-state index contributed by atoms with van der Waals surface area (Å²) in [4.78, 5) is 13.3. The Balaban J connectivity index is 1.64. The number of rotatable bonds is 5. The molecule has 0 saturated carbocycles. The summed E-state index contributed by atoms with van der Waals surface area (Å²) in [6, 6.07) is 31.3. The molecule has 1 unspecified atom stereocenters. The summed E-state index contributed by atoms with van der Waals surface area (Å²) in [6.07, 6.45) is 0. The molecule has 0 N–H and O–H groups in total. The van der Waals surface area contributed by atoms with Crippen molar-refractivity contribution < 1.29 is 9.36 Å². The topological polar surface area (TPSA) is 52.0 Å². The third-order valence-electron chi connectivity index (χ3n) is 6.35. The maximum atomic E-state index is 14.9. The van der Waals surface area contributed by atoms with Gasteiger partial charge in [0.1, 0.15) is 5.69 Å². The molecule has 1 aliphatic carbocycles. The Kier molecular flexibility index (Phi) is 5.97. The van der Waals surface area contributed by atoms with Crippen LogP contribution < -0.4 is 0 Å². The van der Waals surface area contributed by atoms with E-state index in [1.54, 1.807) is 18.2 Å². The number of nitrogens with zero attached hydrogens (tertiary/aromatic N) is 2. The van der Waals surface area contributed by atoms with Crippen molar-refractivity contribution in [3.63, 3.8) is 0 Å². The zero-order valence-corrected chi connectivity index (χ0v) is 21.8. The highest BCUT2D eigenvalue weighted by atomic mass is 35.5. The fourth-order valence-electron chi connectivity index (χ4n) is 4.62. The second-order valence-electron chi connectivity index (χ2n) is 8.67. The number of carbonyl (C=O) groups is 1. The first-order valence-electron chi connectivity index (χ1n) is 11.6. The molecule has 1 aromatic heterocycles. The second-order valence-corrected chi connectivity index (χ2v) is 11.7. The monoisotopic (exact) mass is 540 g/mol. The lowest BCUT2D eigenvalue weighted by atomic mass is 9.87. The molecule has 4 aromatic carbocycles. The Hall–Kier alpha value is -3.69. The molecule has 0 fully saturated rings. The second kappa shape index (κ2) is 9.32. The Bertz CT molecular complexity index is 1730. The molecule has 6 rings (SSSR count). The van der Waals surface area contributed by atoms with Crippen molar-refractivity contribution in [1.29, 1.82) is 0 Å². The molecule has 0 bridgehead atoms. The van der Waals surface area contributed by atoms with E-state index in [2.05, 4.69) is 0 Å². The van der Waals surface area contributed by atoms with Gasteiger partial charge in [0, 0.05) is 33.7 Å². The zero-order valence-electron chi connectivity index (χ0n) is 19.4. The van der Waals surface area contributed by atoms with E-state index in [4.69, 9.17) is 28.3 Å². The van der Waals surface area contributed by atoms with Crippen LogP contribution in [0.25, 0.3) is 32.2 Å². The SMILES string of the molecule is O=C1c2ccccc2-c2nn(P(=O)(C=C(Cl)c3ccccc3)/C=C(/Cl)c3ccccc3)c3cccc1c23. The highest BCUT2D eigenvalue weighted by Gasteiger charge is 2.33. The summed E-state index contributed by atoms with van der Waals surface area (Å²) in [5.41, 5.74) is 4.42. The number of ketones is 1. The lowest BCUT2D eigenvalue weighted by molar-refractivity contribution is 0.104. The van der Waals surface area contributed by atoms with Crippen LogP contribution in [0.3, 0.4) is 0 Å². The number of carbonyl (C=O) groups excluding carboxylic acids is 1. The van der Waals surface area contributed by atoms with Crippen LogP contribution in [0.5, 0.6) is 0 Å². The van der Waals surface area contributed by atoms with E-state index in [9.17, 15) is 9.36 Å². The van der Waals surface area contributed by atoms with Crippen LogP contribution in [-0.4, -0.2) is 15.3 Å². The van der Waals surface area contributed by atoms with E-state index in [1.807, 2.05) is 84.9 Å². The van der Waals surface area contributed by atoms with Crippen LogP contribution in [0.15, 0.2) is 115 Å². The molecule has 0 aliphatic heterocycles. The summed E-state index contributed by atoms with van der Waals surface area (Å²) >= 11 is 13.5. The van der Waals surface area contributed by atoms with E-state index in [0.29, 0.717) is 43.4 Å². The van der Waals surface area contributed by atoms with Gasteiger partial charge in [-0.1, -0.05) is 120 Å². The molecule has 4 nitrogen and oxygen atoms in total. The minimum absolute atomic E-state index is 0.0844. The first-order chi connectivity index (χ1) is 18.0. The average Bonchev–Trinajstić information content (AvgIpc) is 3.34. The van der Waals surface area contributed by atoms with Gasteiger partial charge in [-0.05, 0) is 17.2 Å². The third-order valence-corrected chi connectivity index (χ3v) is 9.47. The summed E-state index contributed by atoms with van der Waals surface area (Å²) in [7, 11) is -3.67. The van der Waals surface area contributed by atoms with E-state index in [1.165, 1.54) is 16.1 Å². The minimum Gasteiger partial charge on any atom is -0.289 e. The van der Waals surface area contributed by atoms with Crippen molar-refractivity contribution >= 4 is 57.2 Å². The molecule has 37 heavy (non-hydrogen) atoms. The normalized spacial score (nSPS) is 14.9. The highest BCUT2D eigenvalue weighted by Crippen LogP contribution is 2.57. The van der Waals surface area contributed by atoms with E-state index in [-0.39, 0.29) is 5.78 Å². The summed E-state index contributed by atoms with van der Waals surface area (Å²) in [6.45, 7) is 0. The Labute approximate surface area is 223 Å². The van der Waals surface area contributed by atoms with Crippen molar-refractivity contribution in [3.05, 3.63) is 137 Å². The number of fused-ring (bicyclic) bond motifs is 2. The molecule has 1 aliphatic rings. The van der Waals surface area contributed by atoms with Crippen molar-refractivity contribution in [2.24, 2.45) is 0 Å². The molecule has 7 heteroatoms. The number of aromatic nitrogens is 2.